The molecule has 2 aromatic carbocycles. The molecule has 1 fully saturated rings. The van der Waals surface area contributed by atoms with Crippen LogP contribution in [0.4, 0.5) is 0 Å². The average Bonchev–Trinajstić information content (AvgIpc) is 3.09. The van der Waals surface area contributed by atoms with Crippen LogP contribution in [0.15, 0.2) is 36.4 Å². The second-order valence-corrected chi connectivity index (χ2v) is 18.1. The van der Waals surface area contributed by atoms with Crippen molar-refractivity contribution in [3.8, 4) is 11.8 Å². The van der Waals surface area contributed by atoms with Gasteiger partial charge in [0.25, 0.3) is 0 Å². The van der Waals surface area contributed by atoms with Crippen molar-refractivity contribution < 1.29 is 13.7 Å². The molecule has 0 aromatic heterocycles. The van der Waals surface area contributed by atoms with E-state index in [-0.39, 0.29) is 29.3 Å². The van der Waals surface area contributed by atoms with Crippen LogP contribution >= 0.6 is 0 Å². The first-order valence-electron chi connectivity index (χ1n) is 15.3. The molecule has 0 N–H and O–H groups in total. The Morgan fingerprint density at radius 3 is 1.70 bits per heavy atom. The minimum absolute atomic E-state index is 0.0759. The van der Waals surface area contributed by atoms with E-state index in [4.69, 9.17) is 13.7 Å². The maximum absolute atomic E-state index is 6.58. The van der Waals surface area contributed by atoms with E-state index in [1.54, 1.807) is 0 Å². The quantitative estimate of drug-likeness (QED) is 0.227. The standard InChI is InChI=1S/C35H53BO3Si/c1-14-34(15-2,39-40(11,12)13)23-22-28-18-19-29(24-26(28)5)35(16-3,17-4)30-20-21-31(27(6)25-30)36-37-32(7,8)33(9,10)38-36/h18-21,24-25H,14-17H2,1-13H3. The fourth-order valence-electron chi connectivity index (χ4n) is 5.91. The van der Waals surface area contributed by atoms with Crippen LogP contribution in [0, 0.1) is 25.7 Å². The van der Waals surface area contributed by atoms with Crippen molar-refractivity contribution >= 4 is 20.9 Å². The van der Waals surface area contributed by atoms with Crippen molar-refractivity contribution in [1.29, 1.82) is 0 Å². The lowest BCUT2D eigenvalue weighted by molar-refractivity contribution is 0.00578. The van der Waals surface area contributed by atoms with Gasteiger partial charge in [0.1, 0.15) is 5.60 Å². The third kappa shape index (κ3) is 6.46. The highest BCUT2D eigenvalue weighted by Gasteiger charge is 2.52. The van der Waals surface area contributed by atoms with E-state index in [1.165, 1.54) is 22.3 Å². The molecule has 0 aliphatic carbocycles. The number of hydrogen-bond acceptors (Lipinski definition) is 3. The molecule has 0 radical (unpaired) electrons. The van der Waals surface area contributed by atoms with E-state index in [0.717, 1.165) is 36.7 Å². The third-order valence-corrected chi connectivity index (χ3v) is 10.4. The highest BCUT2D eigenvalue weighted by atomic mass is 28.4. The molecule has 0 atom stereocenters. The molecule has 3 nitrogen and oxygen atoms in total. The van der Waals surface area contributed by atoms with Gasteiger partial charge in [-0.15, -0.1) is 0 Å². The number of hydrogen-bond donors (Lipinski definition) is 0. The van der Waals surface area contributed by atoms with E-state index in [1.807, 2.05) is 0 Å². The van der Waals surface area contributed by atoms with Gasteiger partial charge in [-0.25, -0.2) is 0 Å². The molecule has 0 bridgehead atoms. The molecule has 40 heavy (non-hydrogen) atoms. The van der Waals surface area contributed by atoms with Crippen molar-refractivity contribution in [3.63, 3.8) is 0 Å². The Morgan fingerprint density at radius 1 is 0.775 bits per heavy atom. The molecule has 2 aromatic rings. The summed E-state index contributed by atoms with van der Waals surface area (Å²) in [6, 6.07) is 13.7. The smallest absolute Gasteiger partial charge is 0.402 e. The largest absolute Gasteiger partial charge is 0.495 e. The first-order chi connectivity index (χ1) is 18.5. The van der Waals surface area contributed by atoms with Crippen molar-refractivity contribution in [2.75, 3.05) is 0 Å². The van der Waals surface area contributed by atoms with Gasteiger partial charge >= 0.3 is 7.12 Å². The summed E-state index contributed by atoms with van der Waals surface area (Å²) in [6.45, 7) is 28.5. The van der Waals surface area contributed by atoms with Gasteiger partial charge in [-0.3, -0.25) is 0 Å². The number of benzene rings is 2. The summed E-state index contributed by atoms with van der Waals surface area (Å²) in [4.78, 5) is 0. The van der Waals surface area contributed by atoms with Crippen molar-refractivity contribution in [1.82, 2.24) is 0 Å². The number of aryl methyl sites for hydroxylation is 2. The van der Waals surface area contributed by atoms with E-state index in [2.05, 4.69) is 137 Å². The van der Waals surface area contributed by atoms with E-state index < -0.39 is 8.32 Å². The van der Waals surface area contributed by atoms with Crippen LogP contribution < -0.4 is 5.46 Å². The van der Waals surface area contributed by atoms with Gasteiger partial charge in [-0.2, -0.15) is 0 Å². The molecule has 5 heteroatoms. The van der Waals surface area contributed by atoms with Crippen molar-refractivity contribution in [2.24, 2.45) is 0 Å². The molecule has 0 amide bonds. The average molecular weight is 561 g/mol. The van der Waals surface area contributed by atoms with E-state index in [0.29, 0.717) is 0 Å². The molecule has 1 aliphatic heterocycles. The first-order valence-corrected chi connectivity index (χ1v) is 18.7. The summed E-state index contributed by atoms with van der Waals surface area (Å²) in [5, 5.41) is 0. The molecule has 1 aliphatic rings. The zero-order chi connectivity index (χ0) is 30.1. The zero-order valence-corrected chi connectivity index (χ0v) is 28.6. The predicted octanol–water partition coefficient (Wildman–Crippen LogP) is 8.47. The Morgan fingerprint density at radius 2 is 1.27 bits per heavy atom. The van der Waals surface area contributed by atoms with Gasteiger partial charge in [-0.1, -0.05) is 75.4 Å². The minimum Gasteiger partial charge on any atom is -0.402 e. The number of rotatable bonds is 9. The summed E-state index contributed by atoms with van der Waals surface area (Å²) < 4.78 is 19.3. The molecule has 1 heterocycles. The van der Waals surface area contributed by atoms with E-state index >= 15 is 0 Å². The molecular weight excluding hydrogens is 507 g/mol. The molecular formula is C35H53BO3Si. The molecule has 218 valence electrons. The SMILES string of the molecule is CCC(C#Cc1ccc(C(CC)(CC)c2ccc(B3OC(C)(C)C(C)(C)O3)c(C)c2)cc1C)(CC)O[Si](C)(C)C. The van der Waals surface area contributed by atoms with Crippen LogP contribution in [0.25, 0.3) is 0 Å². The molecule has 0 unspecified atom stereocenters. The fourth-order valence-corrected chi connectivity index (χ4v) is 7.42. The second-order valence-electron chi connectivity index (χ2n) is 13.6. The van der Waals surface area contributed by atoms with Gasteiger partial charge in [0.05, 0.1) is 11.2 Å². The molecule has 0 spiro atoms. The monoisotopic (exact) mass is 560 g/mol. The van der Waals surface area contributed by atoms with Crippen LogP contribution in [-0.2, 0) is 19.1 Å². The topological polar surface area (TPSA) is 27.7 Å². The molecule has 0 saturated carbocycles. The summed E-state index contributed by atoms with van der Waals surface area (Å²) in [5.41, 5.74) is 6.16. The van der Waals surface area contributed by atoms with Crippen LogP contribution in [0.3, 0.4) is 0 Å². The lowest BCUT2D eigenvalue weighted by Crippen LogP contribution is -2.41. The minimum atomic E-state index is -1.72. The summed E-state index contributed by atoms with van der Waals surface area (Å²) in [5.74, 6) is 7.07. The second kappa shape index (κ2) is 11.8. The Bertz CT molecular complexity index is 1240. The lowest BCUT2D eigenvalue weighted by Gasteiger charge is -2.34. The van der Waals surface area contributed by atoms with Crippen LogP contribution in [0.2, 0.25) is 19.6 Å². The van der Waals surface area contributed by atoms with Crippen LogP contribution in [0.5, 0.6) is 0 Å². The fraction of sp³-hybridized carbons (Fsp3) is 0.600. The summed E-state index contributed by atoms with van der Waals surface area (Å²) in [7, 11) is -2.06. The Hall–Kier alpha value is -1.84. The highest BCUT2D eigenvalue weighted by Crippen LogP contribution is 2.41. The third-order valence-electron chi connectivity index (χ3n) is 9.38. The van der Waals surface area contributed by atoms with Gasteiger partial charge < -0.3 is 13.7 Å². The Labute approximate surface area is 247 Å². The first kappa shape index (κ1) is 32.7. The van der Waals surface area contributed by atoms with E-state index in [9.17, 15) is 0 Å². The molecule has 1 saturated heterocycles. The Balaban J connectivity index is 1.98. The summed E-state index contributed by atoms with van der Waals surface area (Å²) in [6.07, 6.45) is 3.83. The molecule has 3 rings (SSSR count). The maximum Gasteiger partial charge on any atom is 0.495 e. The van der Waals surface area contributed by atoms with Gasteiger partial charge in [0.2, 0.25) is 0 Å². The lowest BCUT2D eigenvalue weighted by atomic mass is 9.68. The highest BCUT2D eigenvalue weighted by molar-refractivity contribution is 6.69. The maximum atomic E-state index is 6.58. The van der Waals surface area contributed by atoms with Crippen molar-refractivity contribution in [3.05, 3.63) is 64.2 Å². The normalized spacial score (nSPS) is 17.1. The summed E-state index contributed by atoms with van der Waals surface area (Å²) >= 11 is 0. The van der Waals surface area contributed by atoms with Crippen LogP contribution in [-0.4, -0.2) is 32.2 Å². The van der Waals surface area contributed by atoms with Crippen molar-refractivity contribution in [2.45, 2.75) is 137 Å². The van der Waals surface area contributed by atoms with Gasteiger partial charge in [0.15, 0.2) is 8.32 Å². The van der Waals surface area contributed by atoms with Gasteiger partial charge in [0, 0.05) is 11.0 Å². The van der Waals surface area contributed by atoms with Crippen LogP contribution in [0.1, 0.15) is 109 Å². The predicted molar refractivity (Wildman–Crippen MR) is 174 cm³/mol. The Kier molecular flexibility index (Phi) is 9.64. The van der Waals surface area contributed by atoms with Gasteiger partial charge in [-0.05, 0) is 115 Å². The zero-order valence-electron chi connectivity index (χ0n) is 27.6.